The third-order valence-electron chi connectivity index (χ3n) is 3.19. The van der Waals surface area contributed by atoms with E-state index in [1.54, 1.807) is 24.7 Å². The highest BCUT2D eigenvalue weighted by atomic mass is 35.5. The number of hydrogen-bond donors (Lipinski definition) is 0. The number of halogens is 1. The van der Waals surface area contributed by atoms with Crippen molar-refractivity contribution >= 4 is 29.2 Å². The van der Waals surface area contributed by atoms with E-state index < -0.39 is 0 Å². The van der Waals surface area contributed by atoms with E-state index in [0.29, 0.717) is 11.6 Å². The first kappa shape index (κ1) is 16.4. The average Bonchev–Trinajstić information content (AvgIpc) is 3.02. The summed E-state index contributed by atoms with van der Waals surface area (Å²) in [4.78, 5) is 9.41. The quantitative estimate of drug-likeness (QED) is 0.499. The van der Waals surface area contributed by atoms with Crippen LogP contribution in [0.1, 0.15) is 5.56 Å². The molecule has 0 bridgehead atoms. The Morgan fingerprint density at radius 1 is 1.25 bits per heavy atom. The minimum atomic E-state index is 0.545. The summed E-state index contributed by atoms with van der Waals surface area (Å²) in [5.74, 6) is 0. The van der Waals surface area contributed by atoms with E-state index in [0.717, 1.165) is 21.6 Å². The Bertz CT molecular complexity index is 908. The van der Waals surface area contributed by atoms with Crippen LogP contribution in [-0.4, -0.2) is 22.4 Å². The summed E-state index contributed by atoms with van der Waals surface area (Å²) in [6.07, 6.45) is 7.03. The summed E-state index contributed by atoms with van der Waals surface area (Å²) < 4.78 is 1.82. The zero-order valence-electron chi connectivity index (χ0n) is 12.8. The van der Waals surface area contributed by atoms with Gasteiger partial charge in [0, 0.05) is 33.9 Å². The summed E-state index contributed by atoms with van der Waals surface area (Å²) >= 11 is 7.52. The molecule has 0 fully saturated rings. The summed E-state index contributed by atoms with van der Waals surface area (Å²) in [7, 11) is 0. The Morgan fingerprint density at radius 2 is 2.08 bits per heavy atom. The highest BCUT2D eigenvalue weighted by molar-refractivity contribution is 7.07. The topological polar surface area (TPSA) is 42.5 Å². The maximum Gasteiger partial charge on any atom is 0.206 e. The van der Waals surface area contributed by atoms with Gasteiger partial charge in [-0.3, -0.25) is 9.98 Å². The number of hydrogen-bond acceptors (Lipinski definition) is 4. The number of nitrogens with zero attached hydrogens (tertiary/aromatic N) is 4. The molecule has 0 aliphatic carbocycles. The van der Waals surface area contributed by atoms with Crippen molar-refractivity contribution in [3.8, 4) is 11.3 Å². The summed E-state index contributed by atoms with van der Waals surface area (Å²) in [5.41, 5.74) is 2.91. The number of aromatic nitrogens is 2. The first-order valence-corrected chi connectivity index (χ1v) is 8.56. The van der Waals surface area contributed by atoms with Crippen LogP contribution in [0.5, 0.6) is 0 Å². The number of benzene rings is 1. The van der Waals surface area contributed by atoms with Crippen molar-refractivity contribution in [3.05, 3.63) is 82.2 Å². The predicted octanol–water partition coefficient (Wildman–Crippen LogP) is 4.23. The van der Waals surface area contributed by atoms with E-state index in [1.165, 1.54) is 11.3 Å². The SMILES string of the molecule is C=CCN=c1scc(-c2ccc(Cl)cc2)n1/N=C/c1cccnc1. The standard InChI is InChI=1S/C18H15ClN4S/c1-2-9-21-18-23(22-12-14-4-3-10-20-11-14)17(13-24-18)15-5-7-16(19)8-6-15/h2-8,10-13H,1,9H2/b21-18?,22-12+. The van der Waals surface area contributed by atoms with Crippen molar-refractivity contribution in [2.45, 2.75) is 0 Å². The van der Waals surface area contributed by atoms with Crippen LogP contribution in [-0.2, 0) is 0 Å². The van der Waals surface area contributed by atoms with Crippen LogP contribution in [0.15, 0.2) is 76.9 Å². The molecule has 24 heavy (non-hydrogen) atoms. The van der Waals surface area contributed by atoms with Crippen LogP contribution in [0.2, 0.25) is 5.02 Å². The average molecular weight is 355 g/mol. The van der Waals surface area contributed by atoms with Crippen molar-refractivity contribution < 1.29 is 0 Å². The lowest BCUT2D eigenvalue weighted by Crippen LogP contribution is -2.12. The van der Waals surface area contributed by atoms with Crippen molar-refractivity contribution in [1.82, 2.24) is 9.66 Å². The van der Waals surface area contributed by atoms with Crippen molar-refractivity contribution in [3.63, 3.8) is 0 Å². The zero-order chi connectivity index (χ0) is 16.8. The van der Waals surface area contributed by atoms with Gasteiger partial charge in [-0.15, -0.1) is 17.9 Å². The largest absolute Gasteiger partial charge is 0.264 e. The monoisotopic (exact) mass is 354 g/mol. The molecule has 0 aliphatic heterocycles. The van der Waals surface area contributed by atoms with Gasteiger partial charge in [-0.25, -0.2) is 4.68 Å². The highest BCUT2D eigenvalue weighted by Crippen LogP contribution is 2.22. The summed E-state index contributed by atoms with van der Waals surface area (Å²) in [6, 6.07) is 11.5. The maximum atomic E-state index is 5.98. The van der Waals surface area contributed by atoms with Crippen molar-refractivity contribution in [1.29, 1.82) is 0 Å². The Morgan fingerprint density at radius 3 is 2.79 bits per heavy atom. The van der Waals surface area contributed by atoms with E-state index >= 15 is 0 Å². The van der Waals surface area contributed by atoms with Crippen LogP contribution < -0.4 is 4.80 Å². The predicted molar refractivity (Wildman–Crippen MR) is 101 cm³/mol. The fourth-order valence-corrected chi connectivity index (χ4v) is 3.03. The molecular formula is C18H15ClN4S. The lowest BCUT2D eigenvalue weighted by molar-refractivity contribution is 0.840. The molecule has 1 aromatic carbocycles. The van der Waals surface area contributed by atoms with E-state index in [9.17, 15) is 0 Å². The van der Waals surface area contributed by atoms with Crippen LogP contribution >= 0.6 is 22.9 Å². The fourth-order valence-electron chi connectivity index (χ4n) is 2.06. The number of pyridine rings is 1. The van der Waals surface area contributed by atoms with Gasteiger partial charge < -0.3 is 0 Å². The minimum absolute atomic E-state index is 0.545. The van der Waals surface area contributed by atoms with Gasteiger partial charge in [-0.2, -0.15) is 5.10 Å². The molecule has 120 valence electrons. The van der Waals surface area contributed by atoms with Crippen LogP contribution in [0.4, 0.5) is 0 Å². The lowest BCUT2D eigenvalue weighted by atomic mass is 10.2. The molecule has 0 saturated heterocycles. The van der Waals surface area contributed by atoms with E-state index in [4.69, 9.17) is 11.6 Å². The van der Waals surface area contributed by atoms with Crippen molar-refractivity contribution in [2.24, 2.45) is 10.1 Å². The molecule has 0 amide bonds. The lowest BCUT2D eigenvalue weighted by Gasteiger charge is -2.03. The molecule has 4 nitrogen and oxygen atoms in total. The molecule has 3 aromatic rings. The molecule has 3 rings (SSSR count). The van der Waals surface area contributed by atoms with Crippen LogP contribution in [0.25, 0.3) is 11.3 Å². The van der Waals surface area contributed by atoms with Crippen molar-refractivity contribution in [2.75, 3.05) is 6.54 Å². The first-order chi connectivity index (χ1) is 11.8. The Hall–Kier alpha value is -2.50. The second kappa shape index (κ2) is 7.86. The molecule has 2 aromatic heterocycles. The van der Waals surface area contributed by atoms with E-state index in [-0.39, 0.29) is 0 Å². The van der Waals surface area contributed by atoms with Gasteiger partial charge in [0.1, 0.15) is 0 Å². The smallest absolute Gasteiger partial charge is 0.206 e. The highest BCUT2D eigenvalue weighted by Gasteiger charge is 2.07. The van der Waals surface area contributed by atoms with Gasteiger partial charge in [0.15, 0.2) is 0 Å². The molecule has 0 atom stereocenters. The molecule has 0 spiro atoms. The zero-order valence-corrected chi connectivity index (χ0v) is 14.4. The Balaban J connectivity index is 2.06. The molecule has 6 heteroatoms. The van der Waals surface area contributed by atoms with Crippen LogP contribution in [0.3, 0.4) is 0 Å². The van der Waals surface area contributed by atoms with Gasteiger partial charge in [-0.05, 0) is 18.2 Å². The third-order valence-corrected chi connectivity index (χ3v) is 4.29. The summed E-state index contributed by atoms with van der Waals surface area (Å²) in [5, 5.41) is 7.33. The number of thiazole rings is 1. The van der Waals surface area contributed by atoms with Gasteiger partial charge in [0.05, 0.1) is 18.5 Å². The summed E-state index contributed by atoms with van der Waals surface area (Å²) in [6.45, 7) is 4.26. The molecule has 0 radical (unpaired) electrons. The second-order valence-corrected chi connectivity index (χ2v) is 6.16. The minimum Gasteiger partial charge on any atom is -0.264 e. The Labute approximate surface area is 149 Å². The molecular weight excluding hydrogens is 340 g/mol. The molecule has 0 N–H and O–H groups in total. The third kappa shape index (κ3) is 3.88. The van der Waals surface area contributed by atoms with Gasteiger partial charge in [-0.1, -0.05) is 35.9 Å². The fraction of sp³-hybridized carbons (Fsp3) is 0.0556. The van der Waals surface area contributed by atoms with E-state index in [2.05, 4.69) is 21.7 Å². The normalized spacial score (nSPS) is 12.0. The molecule has 0 aliphatic rings. The van der Waals surface area contributed by atoms with E-state index in [1.807, 2.05) is 46.5 Å². The van der Waals surface area contributed by atoms with Crippen LogP contribution in [0, 0.1) is 0 Å². The first-order valence-electron chi connectivity index (χ1n) is 7.30. The second-order valence-electron chi connectivity index (χ2n) is 4.88. The number of rotatable bonds is 5. The van der Waals surface area contributed by atoms with Gasteiger partial charge in [0.25, 0.3) is 0 Å². The van der Waals surface area contributed by atoms with Gasteiger partial charge in [0.2, 0.25) is 4.80 Å². The maximum absolute atomic E-state index is 5.98. The van der Waals surface area contributed by atoms with Gasteiger partial charge >= 0.3 is 0 Å². The molecule has 0 saturated carbocycles. The Kier molecular flexibility index (Phi) is 5.36. The molecule has 0 unspecified atom stereocenters. The molecule has 2 heterocycles.